The van der Waals surface area contributed by atoms with Gasteiger partial charge in [0.25, 0.3) is 0 Å². The van der Waals surface area contributed by atoms with Crippen LogP contribution in [0.1, 0.15) is 23.6 Å². The van der Waals surface area contributed by atoms with Crippen molar-refractivity contribution in [2.45, 2.75) is 26.9 Å². The highest BCUT2D eigenvalue weighted by atomic mass is 35.5. The van der Waals surface area contributed by atoms with Gasteiger partial charge < -0.3 is 10.6 Å². The molecule has 0 saturated heterocycles. The molecule has 0 fully saturated rings. The van der Waals surface area contributed by atoms with Crippen LogP contribution in [0.5, 0.6) is 0 Å². The first-order valence-corrected chi connectivity index (χ1v) is 7.73. The van der Waals surface area contributed by atoms with E-state index in [1.807, 2.05) is 13.0 Å². The highest BCUT2D eigenvalue weighted by molar-refractivity contribution is 6.29. The van der Waals surface area contributed by atoms with Crippen molar-refractivity contribution in [1.29, 1.82) is 0 Å². The summed E-state index contributed by atoms with van der Waals surface area (Å²) in [6.07, 6.45) is 1.75. The third-order valence-corrected chi connectivity index (χ3v) is 3.36. The zero-order chi connectivity index (χ0) is 15.8. The van der Waals surface area contributed by atoms with Gasteiger partial charge in [-0.3, -0.25) is 0 Å². The van der Waals surface area contributed by atoms with Gasteiger partial charge in [0, 0.05) is 19.3 Å². The molecule has 2 N–H and O–H groups in total. The van der Waals surface area contributed by atoms with E-state index < -0.39 is 0 Å². The molecule has 1 heterocycles. The average Bonchev–Trinajstić information content (AvgIpc) is 2.53. The Morgan fingerprint density at radius 3 is 2.45 bits per heavy atom. The van der Waals surface area contributed by atoms with Gasteiger partial charge in [-0.25, -0.2) is 9.98 Å². The van der Waals surface area contributed by atoms with E-state index in [4.69, 9.17) is 11.6 Å². The van der Waals surface area contributed by atoms with Gasteiger partial charge >= 0.3 is 0 Å². The zero-order valence-corrected chi connectivity index (χ0v) is 13.7. The minimum atomic E-state index is 0.497. The van der Waals surface area contributed by atoms with Crippen molar-refractivity contribution in [3.05, 3.63) is 64.4 Å². The van der Waals surface area contributed by atoms with Crippen molar-refractivity contribution in [3.63, 3.8) is 0 Å². The van der Waals surface area contributed by atoms with Gasteiger partial charge in [-0.05, 0) is 31.0 Å². The number of guanidine groups is 1. The lowest BCUT2D eigenvalue weighted by molar-refractivity contribution is 0.815. The topological polar surface area (TPSA) is 49.3 Å². The number of nitrogens with zero attached hydrogens (tertiary/aromatic N) is 2. The van der Waals surface area contributed by atoms with Gasteiger partial charge in [0.1, 0.15) is 5.15 Å². The molecule has 0 bridgehead atoms. The second-order valence-electron chi connectivity index (χ2n) is 5.02. The van der Waals surface area contributed by atoms with Crippen LogP contribution in [-0.4, -0.2) is 17.5 Å². The van der Waals surface area contributed by atoms with Crippen LogP contribution >= 0.6 is 11.6 Å². The fraction of sp³-hybridized carbons (Fsp3) is 0.294. The first-order valence-electron chi connectivity index (χ1n) is 7.35. The lowest BCUT2D eigenvalue weighted by Crippen LogP contribution is -2.36. The van der Waals surface area contributed by atoms with Gasteiger partial charge in [0.2, 0.25) is 0 Å². The maximum absolute atomic E-state index is 5.78. The van der Waals surface area contributed by atoms with Crippen LogP contribution in [0.15, 0.2) is 47.6 Å². The Hall–Kier alpha value is -2.07. The Morgan fingerprint density at radius 1 is 1.09 bits per heavy atom. The van der Waals surface area contributed by atoms with E-state index in [0.29, 0.717) is 11.7 Å². The van der Waals surface area contributed by atoms with Crippen molar-refractivity contribution < 1.29 is 0 Å². The Morgan fingerprint density at radius 2 is 1.82 bits per heavy atom. The quantitative estimate of drug-likeness (QED) is 0.505. The number of hydrogen-bond donors (Lipinski definition) is 2. The number of aliphatic imine (C=N–C) groups is 1. The number of halogens is 1. The molecule has 4 nitrogen and oxygen atoms in total. The third kappa shape index (κ3) is 5.37. The number of nitrogens with one attached hydrogen (secondary N) is 2. The van der Waals surface area contributed by atoms with Crippen LogP contribution in [0.2, 0.25) is 5.15 Å². The van der Waals surface area contributed by atoms with Crippen molar-refractivity contribution in [2.24, 2.45) is 4.99 Å². The minimum Gasteiger partial charge on any atom is -0.357 e. The standard InChI is InChI=1S/C17H21ClN4/c1-3-19-17(21-10-14-6-4-13(2)5-7-14)22-12-15-8-9-16(18)20-11-15/h4-9,11H,3,10,12H2,1-2H3,(H2,19,21,22). The molecule has 0 spiro atoms. The molecule has 5 heteroatoms. The molecular weight excluding hydrogens is 296 g/mol. The van der Waals surface area contributed by atoms with Crippen molar-refractivity contribution in [3.8, 4) is 0 Å². The molecule has 1 aromatic heterocycles. The van der Waals surface area contributed by atoms with Crippen LogP contribution in [-0.2, 0) is 13.1 Å². The summed E-state index contributed by atoms with van der Waals surface area (Å²) >= 11 is 5.78. The highest BCUT2D eigenvalue weighted by Crippen LogP contribution is 2.06. The van der Waals surface area contributed by atoms with Crippen LogP contribution < -0.4 is 10.6 Å². The lowest BCUT2D eigenvalue weighted by Gasteiger charge is -2.11. The number of rotatable bonds is 5. The van der Waals surface area contributed by atoms with Gasteiger partial charge in [-0.15, -0.1) is 0 Å². The Balaban J connectivity index is 1.94. The molecular formula is C17H21ClN4. The fourth-order valence-electron chi connectivity index (χ4n) is 1.90. The maximum atomic E-state index is 5.78. The number of pyridine rings is 1. The SMILES string of the molecule is CCNC(=NCc1ccc(Cl)nc1)NCc1ccc(C)cc1. The maximum Gasteiger partial charge on any atom is 0.191 e. The lowest BCUT2D eigenvalue weighted by atomic mass is 10.1. The van der Waals surface area contributed by atoms with Crippen LogP contribution in [0.4, 0.5) is 0 Å². The van der Waals surface area contributed by atoms with E-state index in [1.165, 1.54) is 11.1 Å². The first kappa shape index (κ1) is 16.3. The monoisotopic (exact) mass is 316 g/mol. The average molecular weight is 317 g/mol. The molecule has 2 rings (SSSR count). The molecule has 0 aliphatic heterocycles. The molecule has 116 valence electrons. The second kappa shape index (κ2) is 8.39. The summed E-state index contributed by atoms with van der Waals surface area (Å²) in [7, 11) is 0. The number of aryl methyl sites for hydroxylation is 1. The van der Waals surface area contributed by atoms with Gasteiger partial charge in [0.15, 0.2) is 5.96 Å². The predicted molar refractivity (Wildman–Crippen MR) is 92.1 cm³/mol. The summed E-state index contributed by atoms with van der Waals surface area (Å²) in [5.41, 5.74) is 3.51. The fourth-order valence-corrected chi connectivity index (χ4v) is 2.02. The number of hydrogen-bond acceptors (Lipinski definition) is 2. The summed E-state index contributed by atoms with van der Waals surface area (Å²) in [5, 5.41) is 7.07. The first-order chi connectivity index (χ1) is 10.7. The predicted octanol–water partition coefficient (Wildman–Crippen LogP) is 3.30. The molecule has 1 aromatic carbocycles. The van der Waals surface area contributed by atoms with Gasteiger partial charge in [-0.1, -0.05) is 47.5 Å². The normalized spacial score (nSPS) is 11.3. The smallest absolute Gasteiger partial charge is 0.191 e. The summed E-state index contributed by atoms with van der Waals surface area (Å²) in [4.78, 5) is 8.62. The van der Waals surface area contributed by atoms with Crippen LogP contribution in [0, 0.1) is 6.92 Å². The molecule has 22 heavy (non-hydrogen) atoms. The van der Waals surface area contributed by atoms with E-state index >= 15 is 0 Å². The molecule has 0 amide bonds. The van der Waals surface area contributed by atoms with Crippen LogP contribution in [0.25, 0.3) is 0 Å². The molecule has 0 aliphatic rings. The number of aromatic nitrogens is 1. The minimum absolute atomic E-state index is 0.497. The molecule has 0 radical (unpaired) electrons. The van der Waals surface area contributed by atoms with Crippen molar-refractivity contribution in [2.75, 3.05) is 6.54 Å². The second-order valence-corrected chi connectivity index (χ2v) is 5.41. The van der Waals surface area contributed by atoms with Crippen molar-refractivity contribution in [1.82, 2.24) is 15.6 Å². The molecule has 0 atom stereocenters. The Labute approximate surface area is 136 Å². The van der Waals surface area contributed by atoms with E-state index in [9.17, 15) is 0 Å². The molecule has 2 aromatic rings. The van der Waals surface area contributed by atoms with E-state index in [0.717, 1.165) is 24.6 Å². The Kier molecular flexibility index (Phi) is 6.22. The van der Waals surface area contributed by atoms with Crippen molar-refractivity contribution >= 4 is 17.6 Å². The van der Waals surface area contributed by atoms with Crippen LogP contribution in [0.3, 0.4) is 0 Å². The van der Waals surface area contributed by atoms with E-state index in [-0.39, 0.29) is 0 Å². The summed E-state index contributed by atoms with van der Waals surface area (Å²) in [6, 6.07) is 12.2. The highest BCUT2D eigenvalue weighted by Gasteiger charge is 1.99. The summed E-state index contributed by atoms with van der Waals surface area (Å²) in [5.74, 6) is 0.790. The summed E-state index contributed by atoms with van der Waals surface area (Å²) in [6.45, 7) is 6.26. The molecule has 0 saturated carbocycles. The van der Waals surface area contributed by atoms with E-state index in [1.54, 1.807) is 12.3 Å². The van der Waals surface area contributed by atoms with E-state index in [2.05, 4.69) is 51.8 Å². The van der Waals surface area contributed by atoms with Gasteiger partial charge in [-0.2, -0.15) is 0 Å². The summed E-state index contributed by atoms with van der Waals surface area (Å²) < 4.78 is 0. The number of benzene rings is 1. The molecule has 0 unspecified atom stereocenters. The zero-order valence-electron chi connectivity index (χ0n) is 12.9. The molecule has 0 aliphatic carbocycles. The largest absolute Gasteiger partial charge is 0.357 e. The Bertz CT molecular complexity index is 606. The van der Waals surface area contributed by atoms with Gasteiger partial charge in [0.05, 0.1) is 6.54 Å². The third-order valence-electron chi connectivity index (χ3n) is 3.13.